The predicted molar refractivity (Wildman–Crippen MR) is 136 cm³/mol. The maximum atomic E-state index is 13.6. The van der Waals surface area contributed by atoms with Crippen molar-refractivity contribution in [2.45, 2.75) is 37.4 Å². The smallest absolute Gasteiger partial charge is 0.326 e. The van der Waals surface area contributed by atoms with Crippen LogP contribution in [0, 0.1) is 11.3 Å². The molecule has 0 amide bonds. The van der Waals surface area contributed by atoms with Crippen molar-refractivity contribution in [1.29, 1.82) is 5.26 Å². The minimum atomic E-state index is -3.30. The number of fused-ring (bicyclic) bond motifs is 2. The van der Waals surface area contributed by atoms with Gasteiger partial charge in [-0.25, -0.2) is 18.2 Å². The molecule has 2 aromatic carbocycles. The molecule has 5 rings (SSSR count). The van der Waals surface area contributed by atoms with Crippen LogP contribution in [0.4, 0.5) is 0 Å². The number of para-hydroxylation sites is 2. The van der Waals surface area contributed by atoms with Gasteiger partial charge in [0.25, 0.3) is 0 Å². The normalized spacial score (nSPS) is 11.8. The van der Waals surface area contributed by atoms with Crippen LogP contribution in [-0.2, 0) is 29.5 Å². The molecule has 0 N–H and O–H groups in total. The molecule has 9 nitrogen and oxygen atoms in total. The minimum absolute atomic E-state index is 0.208. The van der Waals surface area contributed by atoms with Gasteiger partial charge in [-0.3, -0.25) is 14.1 Å². The summed E-state index contributed by atoms with van der Waals surface area (Å²) < 4.78 is 29.0. The van der Waals surface area contributed by atoms with Gasteiger partial charge in [0.15, 0.2) is 9.84 Å². The highest BCUT2D eigenvalue weighted by Gasteiger charge is 2.18. The molecule has 0 radical (unpaired) electrons. The van der Waals surface area contributed by atoms with Crippen LogP contribution in [0.25, 0.3) is 22.1 Å². The summed E-state index contributed by atoms with van der Waals surface area (Å²) in [5.41, 5.74) is 3.82. The predicted octanol–water partition coefficient (Wildman–Crippen LogP) is 3.35. The summed E-state index contributed by atoms with van der Waals surface area (Å²) in [6, 6.07) is 18.4. The van der Waals surface area contributed by atoms with Gasteiger partial charge in [-0.2, -0.15) is 5.26 Å². The van der Waals surface area contributed by atoms with Crippen LogP contribution in [0.3, 0.4) is 0 Å². The largest absolute Gasteiger partial charge is 0.329 e. The van der Waals surface area contributed by atoms with E-state index >= 15 is 0 Å². The third kappa shape index (κ3) is 4.41. The first-order chi connectivity index (χ1) is 17.4. The molecule has 0 atom stereocenters. The Kier molecular flexibility index (Phi) is 6.16. The van der Waals surface area contributed by atoms with Gasteiger partial charge in [-0.15, -0.1) is 0 Å². The zero-order chi connectivity index (χ0) is 25.3. The maximum Gasteiger partial charge on any atom is 0.329 e. The lowest BCUT2D eigenvalue weighted by Gasteiger charge is -2.09. The summed E-state index contributed by atoms with van der Waals surface area (Å²) in [6.45, 7) is 1.17. The molecule has 0 aliphatic carbocycles. The fourth-order valence-corrected chi connectivity index (χ4v) is 5.08. The van der Waals surface area contributed by atoms with Crippen molar-refractivity contribution in [2.75, 3.05) is 6.26 Å². The molecule has 182 valence electrons. The quantitative estimate of drug-likeness (QED) is 0.302. The lowest BCUT2D eigenvalue weighted by Crippen LogP contribution is -2.26. The Morgan fingerprint density at radius 2 is 1.67 bits per heavy atom. The number of sulfone groups is 1. The van der Waals surface area contributed by atoms with Gasteiger partial charge >= 0.3 is 5.69 Å². The van der Waals surface area contributed by atoms with E-state index in [2.05, 4.69) is 15.6 Å². The third-order valence-corrected chi connectivity index (χ3v) is 7.35. The highest BCUT2D eigenvalue weighted by molar-refractivity contribution is 7.90. The second-order valence-corrected chi connectivity index (χ2v) is 10.7. The Balaban J connectivity index is 1.56. The Labute approximate surface area is 207 Å². The molecular weight excluding hydrogens is 476 g/mol. The fraction of sp³-hybridized carbons (Fsp3) is 0.231. The van der Waals surface area contributed by atoms with E-state index in [0.29, 0.717) is 24.9 Å². The van der Waals surface area contributed by atoms with Crippen molar-refractivity contribution in [3.63, 3.8) is 0 Å². The number of hydrogen-bond donors (Lipinski definition) is 0. The molecule has 36 heavy (non-hydrogen) atoms. The number of aryl methyl sites for hydroxylation is 1. The average Bonchev–Trinajstić information content (AvgIpc) is 3.34. The second kappa shape index (κ2) is 9.43. The number of hydrogen-bond acceptors (Lipinski definition) is 6. The first kappa shape index (κ1) is 23.5. The van der Waals surface area contributed by atoms with Gasteiger partial charge in [0.1, 0.15) is 5.82 Å². The number of imidazole rings is 2. The zero-order valence-electron chi connectivity index (χ0n) is 19.7. The number of pyridine rings is 1. The van der Waals surface area contributed by atoms with Gasteiger partial charge in [-0.05, 0) is 42.3 Å². The van der Waals surface area contributed by atoms with E-state index in [1.807, 2.05) is 30.3 Å². The van der Waals surface area contributed by atoms with Gasteiger partial charge in [0.05, 0.1) is 52.3 Å². The summed E-state index contributed by atoms with van der Waals surface area (Å²) >= 11 is 0. The van der Waals surface area contributed by atoms with Gasteiger partial charge < -0.3 is 4.57 Å². The third-order valence-electron chi connectivity index (χ3n) is 6.22. The van der Waals surface area contributed by atoms with E-state index in [9.17, 15) is 13.2 Å². The van der Waals surface area contributed by atoms with Crippen LogP contribution >= 0.6 is 0 Å². The molecule has 0 fully saturated rings. The summed E-state index contributed by atoms with van der Waals surface area (Å²) in [7, 11) is -3.30. The Morgan fingerprint density at radius 1 is 0.917 bits per heavy atom. The molecule has 3 heterocycles. The SMILES string of the molecule is CS(=O)(=O)c1ccc(Cn2c(=O)n(Cc3nc4ccccc4n3CCCC#N)c3ccncc32)cc1. The van der Waals surface area contributed by atoms with Crippen molar-refractivity contribution in [1.82, 2.24) is 23.7 Å². The Hall–Kier alpha value is -4.23. The highest BCUT2D eigenvalue weighted by atomic mass is 32.2. The van der Waals surface area contributed by atoms with E-state index in [0.717, 1.165) is 27.9 Å². The molecule has 5 aromatic rings. The van der Waals surface area contributed by atoms with Crippen molar-refractivity contribution in [2.24, 2.45) is 0 Å². The monoisotopic (exact) mass is 500 g/mol. The highest BCUT2D eigenvalue weighted by Crippen LogP contribution is 2.20. The molecule has 0 unspecified atom stereocenters. The zero-order valence-corrected chi connectivity index (χ0v) is 20.5. The van der Waals surface area contributed by atoms with Crippen molar-refractivity contribution >= 4 is 31.9 Å². The molecule has 10 heteroatoms. The van der Waals surface area contributed by atoms with Crippen LogP contribution < -0.4 is 5.69 Å². The lowest BCUT2D eigenvalue weighted by atomic mass is 10.2. The number of unbranched alkanes of at least 4 members (excludes halogenated alkanes) is 1. The van der Waals surface area contributed by atoms with E-state index < -0.39 is 9.84 Å². The van der Waals surface area contributed by atoms with Gasteiger partial charge in [0, 0.05) is 25.4 Å². The van der Waals surface area contributed by atoms with Crippen molar-refractivity contribution in [3.05, 3.63) is 88.9 Å². The standard InChI is InChI=1S/C26H24N6O3S/c1-36(34,35)20-10-8-19(9-11-20)17-31-24-16-28-14-12-23(24)32(26(31)33)18-25-29-21-6-2-3-7-22(21)30(25)15-5-4-13-27/h2-3,6-12,14,16H,4-5,15,17-18H2,1H3. The Bertz CT molecular complexity index is 1770. The van der Waals surface area contributed by atoms with Crippen LogP contribution in [0.1, 0.15) is 24.2 Å². The second-order valence-electron chi connectivity index (χ2n) is 8.67. The molecule has 0 spiro atoms. The molecule has 0 saturated heterocycles. The molecular formula is C26H24N6O3S. The number of benzene rings is 2. The number of rotatable bonds is 8. The van der Waals surface area contributed by atoms with E-state index in [-0.39, 0.29) is 23.7 Å². The fourth-order valence-electron chi connectivity index (χ4n) is 4.45. The van der Waals surface area contributed by atoms with Crippen molar-refractivity contribution in [3.8, 4) is 6.07 Å². The lowest BCUT2D eigenvalue weighted by molar-refractivity contribution is 0.601. The first-order valence-corrected chi connectivity index (χ1v) is 13.4. The minimum Gasteiger partial charge on any atom is -0.326 e. The van der Waals surface area contributed by atoms with Gasteiger partial charge in [-0.1, -0.05) is 24.3 Å². The molecule has 0 bridgehead atoms. The number of nitriles is 1. The van der Waals surface area contributed by atoms with Crippen molar-refractivity contribution < 1.29 is 8.42 Å². The molecule has 0 saturated carbocycles. The van der Waals surface area contributed by atoms with E-state index in [4.69, 9.17) is 10.2 Å². The first-order valence-electron chi connectivity index (χ1n) is 11.5. The summed E-state index contributed by atoms with van der Waals surface area (Å²) in [4.78, 5) is 22.9. The molecule has 0 aliphatic rings. The van der Waals surface area contributed by atoms with Gasteiger partial charge in [0.2, 0.25) is 0 Å². The summed E-state index contributed by atoms with van der Waals surface area (Å²) in [5, 5.41) is 8.99. The molecule has 3 aromatic heterocycles. The average molecular weight is 501 g/mol. The van der Waals surface area contributed by atoms with E-state index in [1.54, 1.807) is 45.8 Å². The summed E-state index contributed by atoms with van der Waals surface area (Å²) in [5.74, 6) is 0.740. The summed E-state index contributed by atoms with van der Waals surface area (Å²) in [6.07, 6.45) is 5.61. The Morgan fingerprint density at radius 3 is 2.42 bits per heavy atom. The van der Waals surface area contributed by atoms with Crippen LogP contribution in [0.2, 0.25) is 0 Å². The van der Waals surface area contributed by atoms with Crippen LogP contribution in [0.15, 0.2) is 76.7 Å². The maximum absolute atomic E-state index is 13.6. The topological polar surface area (TPSA) is 116 Å². The van der Waals surface area contributed by atoms with Crippen LogP contribution in [-0.4, -0.2) is 38.3 Å². The number of nitrogens with zero attached hydrogens (tertiary/aromatic N) is 6. The van der Waals surface area contributed by atoms with Crippen LogP contribution in [0.5, 0.6) is 0 Å². The molecule has 0 aliphatic heterocycles. The van der Waals surface area contributed by atoms with E-state index in [1.165, 1.54) is 6.26 Å². The number of aromatic nitrogens is 5.